The monoisotopic (exact) mass is 261 g/mol. The number of rotatable bonds is 6. The summed E-state index contributed by atoms with van der Waals surface area (Å²) in [6, 6.07) is 0. The molecule has 0 rings (SSSR count). The van der Waals surface area contributed by atoms with Crippen molar-refractivity contribution in [1.82, 2.24) is 0 Å². The smallest absolute Gasteiger partial charge is 0.166 e. The zero-order valence-electron chi connectivity index (χ0n) is 9.29. The van der Waals surface area contributed by atoms with Crippen LogP contribution in [-0.4, -0.2) is 12.4 Å². The molecule has 0 fully saturated rings. The van der Waals surface area contributed by atoms with E-state index in [1.165, 1.54) is 0 Å². The van der Waals surface area contributed by atoms with Gasteiger partial charge in [0, 0.05) is 0 Å². The summed E-state index contributed by atoms with van der Waals surface area (Å²) in [5, 5.41) is 0. The van der Waals surface area contributed by atoms with E-state index in [-0.39, 0.29) is 12.5 Å². The number of alkyl halides is 6. The van der Waals surface area contributed by atoms with Gasteiger partial charge in [-0.05, 0) is 12.8 Å². The molecule has 0 saturated carbocycles. The Morgan fingerprint density at radius 1 is 0.824 bits per heavy atom. The van der Waals surface area contributed by atoms with E-state index in [4.69, 9.17) is 0 Å². The Labute approximate surface area is 96.7 Å². The Bertz CT molecular complexity index is 219. The van der Waals surface area contributed by atoms with E-state index in [1.807, 2.05) is 0 Å². The van der Waals surface area contributed by atoms with Crippen molar-refractivity contribution in [2.24, 2.45) is 0 Å². The molecule has 0 unspecified atom stereocenters. The molecule has 101 valence electrons. The van der Waals surface area contributed by atoms with Crippen LogP contribution in [0.15, 0.2) is 11.6 Å². The highest BCUT2D eigenvalue weighted by molar-refractivity contribution is 5.15. The Hall–Kier alpha value is -0.680. The first-order valence-electron chi connectivity index (χ1n) is 5.33. The zero-order chi connectivity index (χ0) is 13.5. The van der Waals surface area contributed by atoms with Crippen LogP contribution in [0.3, 0.4) is 0 Å². The number of hydrogen-bond donors (Lipinski definition) is 0. The van der Waals surface area contributed by atoms with E-state index in [9.17, 15) is 26.3 Å². The lowest BCUT2D eigenvalue weighted by Crippen LogP contribution is -2.26. The Balaban J connectivity index is 4.24. The van der Waals surface area contributed by atoms with Crippen molar-refractivity contribution >= 4 is 0 Å². The predicted molar refractivity (Wildman–Crippen MR) is 53.3 cm³/mol. The fraction of sp³-hybridized carbons (Fsp3) is 0.727. The topological polar surface area (TPSA) is 0 Å². The minimum absolute atomic E-state index is 0.203. The van der Waals surface area contributed by atoms with Gasteiger partial charge < -0.3 is 0 Å². The van der Waals surface area contributed by atoms with Crippen molar-refractivity contribution in [1.29, 1.82) is 0 Å². The number of hydrogen-bond acceptors (Lipinski definition) is 0. The Kier molecular flexibility index (Phi) is 6.64. The largest absolute Gasteiger partial charge is 0.420 e. The normalized spacial score (nSPS) is 12.6. The van der Waals surface area contributed by atoms with Gasteiger partial charge in [-0.15, -0.1) is 0 Å². The first-order chi connectivity index (χ1) is 7.69. The van der Waals surface area contributed by atoms with E-state index in [1.54, 1.807) is 0 Å². The molecule has 0 spiro atoms. The third-order valence-corrected chi connectivity index (χ3v) is 2.16. The average molecular weight is 261 g/mol. The fourth-order valence-electron chi connectivity index (χ4n) is 1.31. The molecule has 0 amide bonds. The van der Waals surface area contributed by atoms with Crippen LogP contribution >= 0.6 is 0 Å². The van der Waals surface area contributed by atoms with Crippen molar-refractivity contribution in [2.75, 3.05) is 0 Å². The maximum absolute atomic E-state index is 12.0. The first kappa shape index (κ1) is 16.3. The molecule has 0 aromatic carbocycles. The van der Waals surface area contributed by atoms with Crippen molar-refractivity contribution in [3.8, 4) is 0 Å². The summed E-state index contributed by atoms with van der Waals surface area (Å²) in [6.07, 6.45) is -7.32. The lowest BCUT2D eigenvalue weighted by molar-refractivity contribution is -0.172. The molecule has 0 heterocycles. The average Bonchev–Trinajstić information content (AvgIpc) is 2.12. The Morgan fingerprint density at radius 3 is 1.71 bits per heavy atom. The summed E-state index contributed by atoms with van der Waals surface area (Å²) >= 11 is 0. The molecular weight excluding hydrogens is 246 g/mol. The van der Waals surface area contributed by atoms with Gasteiger partial charge in [0.1, 0.15) is 5.57 Å². The van der Waals surface area contributed by atoms with Crippen LogP contribution in [0, 0.1) is 6.92 Å². The Morgan fingerprint density at radius 2 is 1.29 bits per heavy atom. The van der Waals surface area contributed by atoms with E-state index in [0.717, 1.165) is 19.3 Å². The van der Waals surface area contributed by atoms with Gasteiger partial charge in [-0.25, -0.2) is 0 Å². The maximum atomic E-state index is 12.0. The van der Waals surface area contributed by atoms with Crippen molar-refractivity contribution in [3.63, 3.8) is 0 Å². The minimum atomic E-state index is -5.33. The molecule has 0 aliphatic rings. The fourth-order valence-corrected chi connectivity index (χ4v) is 1.31. The lowest BCUT2D eigenvalue weighted by atomic mass is 10.1. The van der Waals surface area contributed by atoms with Gasteiger partial charge in [-0.1, -0.05) is 38.7 Å². The van der Waals surface area contributed by atoms with Gasteiger partial charge in [0.15, 0.2) is 0 Å². The van der Waals surface area contributed by atoms with Gasteiger partial charge >= 0.3 is 12.4 Å². The molecule has 0 atom stereocenters. The molecule has 6 heteroatoms. The van der Waals surface area contributed by atoms with Crippen LogP contribution in [-0.2, 0) is 0 Å². The SMILES string of the molecule is [CH2]CCCCCCC=C(C(F)(F)F)C(F)(F)F. The molecule has 0 aromatic rings. The van der Waals surface area contributed by atoms with Gasteiger partial charge in [-0.3, -0.25) is 0 Å². The summed E-state index contributed by atoms with van der Waals surface area (Å²) in [5.41, 5.74) is -2.40. The molecule has 0 aliphatic carbocycles. The first-order valence-corrected chi connectivity index (χ1v) is 5.33. The number of unbranched alkanes of at least 4 members (excludes halogenated alkanes) is 5. The maximum Gasteiger partial charge on any atom is 0.420 e. The highest BCUT2D eigenvalue weighted by atomic mass is 19.4. The van der Waals surface area contributed by atoms with E-state index in [2.05, 4.69) is 6.92 Å². The third-order valence-electron chi connectivity index (χ3n) is 2.16. The van der Waals surface area contributed by atoms with Gasteiger partial charge in [-0.2, -0.15) is 26.3 Å². The van der Waals surface area contributed by atoms with Crippen LogP contribution in [0.4, 0.5) is 26.3 Å². The number of allylic oxidation sites excluding steroid dienone is 2. The molecule has 0 N–H and O–H groups in total. The summed E-state index contributed by atoms with van der Waals surface area (Å²) < 4.78 is 72.3. The summed E-state index contributed by atoms with van der Waals surface area (Å²) in [4.78, 5) is 0. The lowest BCUT2D eigenvalue weighted by Gasteiger charge is -2.14. The van der Waals surface area contributed by atoms with Crippen LogP contribution in [0.5, 0.6) is 0 Å². The molecule has 17 heavy (non-hydrogen) atoms. The second kappa shape index (κ2) is 6.91. The minimum Gasteiger partial charge on any atom is -0.166 e. The molecule has 0 nitrogen and oxygen atoms in total. The second-order valence-corrected chi connectivity index (χ2v) is 3.67. The van der Waals surface area contributed by atoms with Crippen molar-refractivity contribution < 1.29 is 26.3 Å². The number of halogens is 6. The standard InChI is InChI=1S/C11H15F6/c1-2-3-4-5-6-7-8-9(10(12,13)14)11(15,16)17/h8H,1-7H2. The molecule has 0 bridgehead atoms. The van der Waals surface area contributed by atoms with Crippen molar-refractivity contribution in [2.45, 2.75) is 50.9 Å². The van der Waals surface area contributed by atoms with Crippen LogP contribution in [0.25, 0.3) is 0 Å². The van der Waals surface area contributed by atoms with Crippen molar-refractivity contribution in [3.05, 3.63) is 18.6 Å². The van der Waals surface area contributed by atoms with Gasteiger partial charge in [0.25, 0.3) is 0 Å². The van der Waals surface area contributed by atoms with E-state index >= 15 is 0 Å². The zero-order valence-corrected chi connectivity index (χ0v) is 9.29. The molecule has 0 saturated heterocycles. The summed E-state index contributed by atoms with van der Waals surface area (Å²) in [6.45, 7) is 3.59. The van der Waals surface area contributed by atoms with Gasteiger partial charge in [0.05, 0.1) is 0 Å². The molecule has 0 aliphatic heterocycles. The van der Waals surface area contributed by atoms with E-state index in [0.29, 0.717) is 12.8 Å². The molecular formula is C11H15F6. The third kappa shape index (κ3) is 7.28. The van der Waals surface area contributed by atoms with Crippen LogP contribution in [0.1, 0.15) is 38.5 Å². The summed E-state index contributed by atoms with van der Waals surface area (Å²) in [7, 11) is 0. The predicted octanol–water partition coefficient (Wildman–Crippen LogP) is 5.21. The van der Waals surface area contributed by atoms with Crippen LogP contribution in [0.2, 0.25) is 0 Å². The summed E-state index contributed by atoms with van der Waals surface area (Å²) in [5.74, 6) is 0. The van der Waals surface area contributed by atoms with Crippen LogP contribution < -0.4 is 0 Å². The quantitative estimate of drug-likeness (QED) is 0.349. The van der Waals surface area contributed by atoms with E-state index < -0.39 is 17.9 Å². The molecule has 1 radical (unpaired) electrons. The second-order valence-electron chi connectivity index (χ2n) is 3.67. The molecule has 0 aromatic heterocycles. The highest BCUT2D eigenvalue weighted by Gasteiger charge is 2.50. The highest BCUT2D eigenvalue weighted by Crippen LogP contribution is 2.38. The van der Waals surface area contributed by atoms with Gasteiger partial charge in [0.2, 0.25) is 0 Å².